The first-order valence-corrected chi connectivity index (χ1v) is 9.37. The molecule has 0 aliphatic rings. The van der Waals surface area contributed by atoms with Gasteiger partial charge in [-0.3, -0.25) is 0 Å². The standard InChI is InChI=1S/C22H25NO5/c1-5-23(6-2)13-18-19(24)9-7-14-11-17(22(25)28-21(14)18)16-12-15(26-3)8-10-20(16)27-4/h7-12,24H,5-6,13H2,1-4H3/p+1. The summed E-state index contributed by atoms with van der Waals surface area (Å²) in [4.78, 5) is 14.1. The van der Waals surface area contributed by atoms with E-state index < -0.39 is 5.63 Å². The fraction of sp³-hybridized carbons (Fsp3) is 0.318. The number of nitrogens with one attached hydrogen (secondary N) is 1. The smallest absolute Gasteiger partial charge is 0.344 e. The predicted molar refractivity (Wildman–Crippen MR) is 108 cm³/mol. The monoisotopic (exact) mass is 384 g/mol. The van der Waals surface area contributed by atoms with Crippen LogP contribution in [0.3, 0.4) is 0 Å². The molecule has 0 saturated heterocycles. The van der Waals surface area contributed by atoms with Gasteiger partial charge in [-0.1, -0.05) is 0 Å². The molecule has 1 heterocycles. The van der Waals surface area contributed by atoms with Crippen molar-refractivity contribution in [1.82, 2.24) is 0 Å². The van der Waals surface area contributed by atoms with E-state index in [9.17, 15) is 9.90 Å². The number of quaternary nitrogens is 1. The molecule has 28 heavy (non-hydrogen) atoms. The summed E-state index contributed by atoms with van der Waals surface area (Å²) in [5.74, 6) is 1.31. The topological polar surface area (TPSA) is 73.3 Å². The van der Waals surface area contributed by atoms with Gasteiger partial charge in [-0.15, -0.1) is 0 Å². The van der Waals surface area contributed by atoms with Gasteiger partial charge in [-0.2, -0.15) is 0 Å². The van der Waals surface area contributed by atoms with Gasteiger partial charge in [0.15, 0.2) is 5.58 Å². The van der Waals surface area contributed by atoms with Crippen LogP contribution in [0.1, 0.15) is 19.4 Å². The Morgan fingerprint density at radius 1 is 1.00 bits per heavy atom. The van der Waals surface area contributed by atoms with Crippen LogP contribution in [0.25, 0.3) is 22.1 Å². The van der Waals surface area contributed by atoms with E-state index in [0.717, 1.165) is 18.5 Å². The number of methoxy groups -OCH3 is 2. The normalized spacial score (nSPS) is 11.2. The van der Waals surface area contributed by atoms with Crippen LogP contribution in [0.5, 0.6) is 17.2 Å². The second kappa shape index (κ2) is 8.35. The predicted octanol–water partition coefficient (Wildman–Crippen LogP) is 2.61. The number of hydrogen-bond acceptors (Lipinski definition) is 5. The average molecular weight is 384 g/mol. The minimum Gasteiger partial charge on any atom is -0.507 e. The van der Waals surface area contributed by atoms with Gasteiger partial charge < -0.3 is 23.9 Å². The van der Waals surface area contributed by atoms with Crippen molar-refractivity contribution in [1.29, 1.82) is 0 Å². The van der Waals surface area contributed by atoms with E-state index in [1.807, 2.05) is 0 Å². The summed E-state index contributed by atoms with van der Waals surface area (Å²) < 4.78 is 16.4. The second-order valence-electron chi connectivity index (χ2n) is 6.63. The molecule has 0 saturated carbocycles. The summed E-state index contributed by atoms with van der Waals surface area (Å²) in [5, 5.41) is 11.1. The van der Waals surface area contributed by atoms with Gasteiger partial charge in [0, 0.05) is 10.9 Å². The van der Waals surface area contributed by atoms with Gasteiger partial charge in [-0.05, 0) is 50.2 Å². The maximum Gasteiger partial charge on any atom is 0.344 e. The first kappa shape index (κ1) is 19.8. The Kier molecular flexibility index (Phi) is 5.90. The van der Waals surface area contributed by atoms with Crippen LogP contribution in [0.15, 0.2) is 45.6 Å². The molecule has 0 radical (unpaired) electrons. The summed E-state index contributed by atoms with van der Waals surface area (Å²) in [6.45, 7) is 6.58. The molecule has 0 bridgehead atoms. The largest absolute Gasteiger partial charge is 0.507 e. The van der Waals surface area contributed by atoms with E-state index in [1.54, 1.807) is 50.6 Å². The van der Waals surface area contributed by atoms with Crippen LogP contribution in [-0.4, -0.2) is 32.4 Å². The molecule has 0 atom stereocenters. The molecule has 2 aromatic carbocycles. The number of aromatic hydroxyl groups is 1. The summed E-state index contributed by atoms with van der Waals surface area (Å²) in [6.07, 6.45) is 0. The SMILES string of the molecule is CC[NH+](CC)Cc1c(O)ccc2cc(-c3cc(OC)ccc3OC)c(=O)oc12. The zero-order chi connectivity index (χ0) is 20.3. The number of fused-ring (bicyclic) bond motifs is 1. The lowest BCUT2D eigenvalue weighted by Gasteiger charge is -2.17. The number of rotatable bonds is 7. The van der Waals surface area contributed by atoms with Gasteiger partial charge in [0.2, 0.25) is 0 Å². The Bertz CT molecular complexity index is 1040. The third kappa shape index (κ3) is 3.68. The van der Waals surface area contributed by atoms with Crippen molar-refractivity contribution in [2.45, 2.75) is 20.4 Å². The molecule has 1 aromatic heterocycles. The zero-order valence-electron chi connectivity index (χ0n) is 16.7. The van der Waals surface area contributed by atoms with E-state index in [4.69, 9.17) is 13.9 Å². The first-order chi connectivity index (χ1) is 13.5. The molecule has 6 heteroatoms. The van der Waals surface area contributed by atoms with Crippen LogP contribution in [0, 0.1) is 0 Å². The van der Waals surface area contributed by atoms with Crippen molar-refractivity contribution >= 4 is 11.0 Å². The molecular formula is C22H26NO5+. The summed E-state index contributed by atoms with van der Waals surface area (Å²) in [6, 6.07) is 10.5. The molecule has 0 spiro atoms. The van der Waals surface area contributed by atoms with Gasteiger partial charge in [0.1, 0.15) is 23.8 Å². The maximum atomic E-state index is 12.8. The van der Waals surface area contributed by atoms with Gasteiger partial charge in [-0.25, -0.2) is 4.79 Å². The highest BCUT2D eigenvalue weighted by Crippen LogP contribution is 2.34. The van der Waals surface area contributed by atoms with Crippen molar-refractivity contribution in [3.63, 3.8) is 0 Å². The number of benzene rings is 2. The number of hydrogen-bond donors (Lipinski definition) is 2. The Balaban J connectivity index is 2.20. The fourth-order valence-corrected chi connectivity index (χ4v) is 3.36. The lowest BCUT2D eigenvalue weighted by molar-refractivity contribution is -0.910. The van der Waals surface area contributed by atoms with Crippen LogP contribution >= 0.6 is 0 Å². The lowest BCUT2D eigenvalue weighted by Crippen LogP contribution is -3.10. The molecule has 3 aromatic rings. The van der Waals surface area contributed by atoms with E-state index in [1.165, 1.54) is 4.90 Å². The molecule has 148 valence electrons. The van der Waals surface area contributed by atoms with Crippen LogP contribution in [0.4, 0.5) is 0 Å². The lowest BCUT2D eigenvalue weighted by atomic mass is 10.0. The Labute approximate surface area is 163 Å². The fourth-order valence-electron chi connectivity index (χ4n) is 3.36. The quantitative estimate of drug-likeness (QED) is 0.613. The third-order valence-electron chi connectivity index (χ3n) is 5.10. The molecule has 0 aliphatic carbocycles. The van der Waals surface area contributed by atoms with Crippen LogP contribution in [0.2, 0.25) is 0 Å². The Morgan fingerprint density at radius 3 is 2.39 bits per heavy atom. The highest BCUT2D eigenvalue weighted by Gasteiger charge is 2.19. The van der Waals surface area contributed by atoms with Gasteiger partial charge >= 0.3 is 5.63 Å². The molecule has 2 N–H and O–H groups in total. The van der Waals surface area contributed by atoms with Crippen molar-refractivity contribution in [3.05, 3.63) is 52.4 Å². The summed E-state index contributed by atoms with van der Waals surface area (Å²) >= 11 is 0. The Morgan fingerprint density at radius 2 is 1.75 bits per heavy atom. The molecule has 0 fully saturated rings. The minimum absolute atomic E-state index is 0.141. The summed E-state index contributed by atoms with van der Waals surface area (Å²) in [5.41, 5.74) is 1.57. The average Bonchev–Trinajstić information content (AvgIpc) is 2.72. The van der Waals surface area contributed by atoms with Crippen LogP contribution < -0.4 is 20.0 Å². The molecular weight excluding hydrogens is 358 g/mol. The Hall–Kier alpha value is -2.99. The maximum absolute atomic E-state index is 12.8. The highest BCUT2D eigenvalue weighted by atomic mass is 16.5. The number of ether oxygens (including phenoxy) is 2. The van der Waals surface area contributed by atoms with Crippen molar-refractivity contribution in [2.24, 2.45) is 0 Å². The van der Waals surface area contributed by atoms with Crippen molar-refractivity contribution < 1.29 is 23.9 Å². The minimum atomic E-state index is -0.486. The first-order valence-electron chi connectivity index (χ1n) is 9.37. The molecule has 0 unspecified atom stereocenters. The van der Waals surface area contributed by atoms with Crippen molar-refractivity contribution in [2.75, 3.05) is 27.3 Å². The molecule has 6 nitrogen and oxygen atoms in total. The number of phenols is 1. The molecule has 0 aliphatic heterocycles. The van der Waals surface area contributed by atoms with E-state index in [0.29, 0.717) is 40.3 Å². The van der Waals surface area contributed by atoms with Gasteiger partial charge in [0.05, 0.1) is 38.4 Å². The zero-order valence-corrected chi connectivity index (χ0v) is 16.7. The summed E-state index contributed by atoms with van der Waals surface area (Å²) in [7, 11) is 3.12. The van der Waals surface area contributed by atoms with Gasteiger partial charge in [0.25, 0.3) is 0 Å². The van der Waals surface area contributed by atoms with E-state index in [-0.39, 0.29) is 5.75 Å². The highest BCUT2D eigenvalue weighted by molar-refractivity contribution is 5.86. The number of phenolic OH excluding ortho intramolecular Hbond substituents is 1. The third-order valence-corrected chi connectivity index (χ3v) is 5.10. The van der Waals surface area contributed by atoms with Crippen LogP contribution in [-0.2, 0) is 6.54 Å². The molecule has 0 amide bonds. The van der Waals surface area contributed by atoms with Crippen molar-refractivity contribution in [3.8, 4) is 28.4 Å². The second-order valence-corrected chi connectivity index (χ2v) is 6.63. The molecule has 3 rings (SSSR count). The van der Waals surface area contributed by atoms with E-state index >= 15 is 0 Å². The van der Waals surface area contributed by atoms with E-state index in [2.05, 4.69) is 13.8 Å².